The third kappa shape index (κ3) is 1.50. The average molecular weight is 172 g/mol. The zero-order chi connectivity index (χ0) is 9.26. The average Bonchev–Trinajstić information content (AvgIpc) is 2.16. The Morgan fingerprint density at radius 1 is 1.00 bits per heavy atom. The van der Waals surface area contributed by atoms with Gasteiger partial charge in [0.05, 0.1) is 0 Å². The summed E-state index contributed by atoms with van der Waals surface area (Å²) in [6.07, 6.45) is 1.03. The van der Waals surface area contributed by atoms with Gasteiger partial charge in [0.15, 0.2) is 0 Å². The highest BCUT2D eigenvalue weighted by molar-refractivity contribution is 5.84. The van der Waals surface area contributed by atoms with Gasteiger partial charge in [0.25, 0.3) is 0 Å². The molecular formula is C12H12O. The number of hydrogen-bond acceptors (Lipinski definition) is 1. The van der Waals surface area contributed by atoms with Crippen LogP contribution < -0.4 is 0 Å². The highest BCUT2D eigenvalue weighted by Gasteiger charge is 1.95. The predicted octanol–water partition coefficient (Wildman–Crippen LogP) is 3.11. The van der Waals surface area contributed by atoms with E-state index in [4.69, 9.17) is 0 Å². The summed E-state index contributed by atoms with van der Waals surface area (Å²) < 4.78 is 0. The standard InChI is InChI=1S/C12H12O/c1-2-9-3-4-10-5-6-12(13)8-11(10)7-9/h3-8,13H,2H2,1H3. The Morgan fingerprint density at radius 2 is 1.77 bits per heavy atom. The summed E-state index contributed by atoms with van der Waals surface area (Å²) in [5.41, 5.74) is 1.30. The lowest BCUT2D eigenvalue weighted by Gasteiger charge is -2.01. The van der Waals surface area contributed by atoms with Crippen LogP contribution in [0.15, 0.2) is 36.4 Å². The molecule has 0 unspecified atom stereocenters. The second-order valence-electron chi connectivity index (χ2n) is 3.22. The molecule has 0 fully saturated rings. The summed E-state index contributed by atoms with van der Waals surface area (Å²) in [6, 6.07) is 11.8. The lowest BCUT2D eigenvalue weighted by atomic mass is 10.1. The molecule has 2 aromatic rings. The second kappa shape index (κ2) is 3.09. The van der Waals surface area contributed by atoms with Crippen molar-refractivity contribution in [2.24, 2.45) is 0 Å². The van der Waals surface area contributed by atoms with E-state index in [9.17, 15) is 5.11 Å². The molecular weight excluding hydrogens is 160 g/mol. The van der Waals surface area contributed by atoms with Crippen molar-refractivity contribution in [2.75, 3.05) is 0 Å². The zero-order valence-electron chi connectivity index (χ0n) is 7.62. The minimum absolute atomic E-state index is 0.334. The molecule has 2 aromatic carbocycles. The van der Waals surface area contributed by atoms with Crippen molar-refractivity contribution in [3.05, 3.63) is 42.0 Å². The molecule has 66 valence electrons. The third-order valence-electron chi connectivity index (χ3n) is 2.30. The fourth-order valence-corrected chi connectivity index (χ4v) is 1.50. The zero-order valence-corrected chi connectivity index (χ0v) is 7.62. The van der Waals surface area contributed by atoms with Crippen molar-refractivity contribution in [1.29, 1.82) is 0 Å². The minimum atomic E-state index is 0.334. The number of phenolic OH excluding ortho intramolecular Hbond substituents is 1. The van der Waals surface area contributed by atoms with E-state index in [1.54, 1.807) is 12.1 Å². The maximum Gasteiger partial charge on any atom is 0.116 e. The first-order valence-electron chi connectivity index (χ1n) is 4.51. The van der Waals surface area contributed by atoms with Crippen molar-refractivity contribution in [1.82, 2.24) is 0 Å². The fraction of sp³-hybridized carbons (Fsp3) is 0.167. The van der Waals surface area contributed by atoms with Gasteiger partial charge in [0, 0.05) is 0 Å². The Kier molecular flexibility index (Phi) is 1.93. The topological polar surface area (TPSA) is 20.2 Å². The molecule has 1 nitrogen and oxygen atoms in total. The van der Waals surface area contributed by atoms with Crippen LogP contribution in [-0.4, -0.2) is 5.11 Å². The van der Waals surface area contributed by atoms with Crippen molar-refractivity contribution in [2.45, 2.75) is 13.3 Å². The molecule has 13 heavy (non-hydrogen) atoms. The minimum Gasteiger partial charge on any atom is -0.508 e. The highest BCUT2D eigenvalue weighted by Crippen LogP contribution is 2.21. The monoisotopic (exact) mass is 172 g/mol. The summed E-state index contributed by atoms with van der Waals surface area (Å²) in [7, 11) is 0. The van der Waals surface area contributed by atoms with E-state index in [2.05, 4.69) is 25.1 Å². The van der Waals surface area contributed by atoms with Crippen LogP contribution >= 0.6 is 0 Å². The Morgan fingerprint density at radius 3 is 2.54 bits per heavy atom. The van der Waals surface area contributed by atoms with E-state index < -0.39 is 0 Å². The van der Waals surface area contributed by atoms with Gasteiger partial charge in [-0.3, -0.25) is 0 Å². The quantitative estimate of drug-likeness (QED) is 0.700. The number of aryl methyl sites for hydroxylation is 1. The number of rotatable bonds is 1. The van der Waals surface area contributed by atoms with Crippen molar-refractivity contribution in [3.63, 3.8) is 0 Å². The molecule has 0 aliphatic rings. The van der Waals surface area contributed by atoms with E-state index in [0.717, 1.165) is 11.8 Å². The summed E-state index contributed by atoms with van der Waals surface area (Å²) in [6.45, 7) is 2.13. The van der Waals surface area contributed by atoms with Crippen molar-refractivity contribution >= 4 is 10.8 Å². The summed E-state index contributed by atoms with van der Waals surface area (Å²) >= 11 is 0. The number of phenols is 1. The highest BCUT2D eigenvalue weighted by atomic mass is 16.3. The molecule has 0 aliphatic heterocycles. The first-order chi connectivity index (χ1) is 6.29. The van der Waals surface area contributed by atoms with Gasteiger partial charge in [0.1, 0.15) is 5.75 Å². The Labute approximate surface area is 77.6 Å². The summed E-state index contributed by atoms with van der Waals surface area (Å²) in [5.74, 6) is 0.334. The second-order valence-corrected chi connectivity index (χ2v) is 3.22. The lowest BCUT2D eigenvalue weighted by molar-refractivity contribution is 0.476. The molecule has 0 aromatic heterocycles. The van der Waals surface area contributed by atoms with Crippen LogP contribution in [0.5, 0.6) is 5.75 Å². The van der Waals surface area contributed by atoms with Gasteiger partial charge in [-0.1, -0.05) is 31.2 Å². The van der Waals surface area contributed by atoms with Crippen molar-refractivity contribution in [3.8, 4) is 5.75 Å². The lowest BCUT2D eigenvalue weighted by Crippen LogP contribution is -1.79. The Balaban J connectivity index is 2.68. The maximum absolute atomic E-state index is 9.29. The Hall–Kier alpha value is -1.50. The van der Waals surface area contributed by atoms with Crippen LogP contribution in [0.4, 0.5) is 0 Å². The van der Waals surface area contributed by atoms with Gasteiger partial charge >= 0.3 is 0 Å². The first kappa shape index (κ1) is 8.11. The molecule has 0 heterocycles. The number of benzene rings is 2. The van der Waals surface area contributed by atoms with E-state index >= 15 is 0 Å². The van der Waals surface area contributed by atoms with Crippen LogP contribution in [0, 0.1) is 0 Å². The normalized spacial score (nSPS) is 10.5. The van der Waals surface area contributed by atoms with Crippen LogP contribution in [0.25, 0.3) is 10.8 Å². The molecule has 0 spiro atoms. The molecule has 0 aliphatic carbocycles. The molecule has 0 radical (unpaired) electrons. The molecule has 0 amide bonds. The van der Waals surface area contributed by atoms with E-state index in [1.807, 2.05) is 6.07 Å². The van der Waals surface area contributed by atoms with Crippen LogP contribution in [0.3, 0.4) is 0 Å². The smallest absolute Gasteiger partial charge is 0.116 e. The summed E-state index contributed by atoms with van der Waals surface area (Å²) in [4.78, 5) is 0. The molecule has 2 rings (SSSR count). The van der Waals surface area contributed by atoms with E-state index in [1.165, 1.54) is 10.9 Å². The molecule has 0 saturated heterocycles. The van der Waals surface area contributed by atoms with E-state index in [-0.39, 0.29) is 0 Å². The Bertz CT molecular complexity index is 432. The fourth-order valence-electron chi connectivity index (χ4n) is 1.50. The molecule has 0 bridgehead atoms. The largest absolute Gasteiger partial charge is 0.508 e. The maximum atomic E-state index is 9.29. The van der Waals surface area contributed by atoms with Gasteiger partial charge in [-0.25, -0.2) is 0 Å². The molecule has 1 N–H and O–H groups in total. The van der Waals surface area contributed by atoms with Crippen LogP contribution in [0.2, 0.25) is 0 Å². The SMILES string of the molecule is CCc1ccc2ccc(O)cc2c1. The predicted molar refractivity (Wildman–Crippen MR) is 55.0 cm³/mol. The number of fused-ring (bicyclic) bond motifs is 1. The van der Waals surface area contributed by atoms with E-state index in [0.29, 0.717) is 5.75 Å². The van der Waals surface area contributed by atoms with Gasteiger partial charge < -0.3 is 5.11 Å². The number of hydrogen-bond donors (Lipinski definition) is 1. The first-order valence-corrected chi connectivity index (χ1v) is 4.51. The molecule has 0 saturated carbocycles. The van der Waals surface area contributed by atoms with Crippen molar-refractivity contribution < 1.29 is 5.11 Å². The van der Waals surface area contributed by atoms with Gasteiger partial charge in [-0.15, -0.1) is 0 Å². The van der Waals surface area contributed by atoms with Gasteiger partial charge in [-0.2, -0.15) is 0 Å². The van der Waals surface area contributed by atoms with Crippen LogP contribution in [-0.2, 0) is 6.42 Å². The summed E-state index contributed by atoms with van der Waals surface area (Å²) in [5, 5.41) is 11.6. The molecule has 0 atom stereocenters. The molecule has 1 heteroatoms. The third-order valence-corrected chi connectivity index (χ3v) is 2.30. The van der Waals surface area contributed by atoms with Gasteiger partial charge in [-0.05, 0) is 34.9 Å². The van der Waals surface area contributed by atoms with Gasteiger partial charge in [0.2, 0.25) is 0 Å². The van der Waals surface area contributed by atoms with Crippen LogP contribution in [0.1, 0.15) is 12.5 Å². The number of aromatic hydroxyl groups is 1.